The van der Waals surface area contributed by atoms with E-state index in [0.29, 0.717) is 10.7 Å². The molecule has 2 N–H and O–H groups in total. The smallest absolute Gasteiger partial charge is 0.339 e. The molecule has 0 aliphatic heterocycles. The maximum absolute atomic E-state index is 11.7. The third-order valence-electron chi connectivity index (χ3n) is 3.48. The van der Waals surface area contributed by atoms with Crippen LogP contribution in [0.4, 0.5) is 16.2 Å². The Labute approximate surface area is 147 Å². The zero-order chi connectivity index (χ0) is 17.4. The van der Waals surface area contributed by atoms with E-state index in [1.54, 1.807) is 30.5 Å². The van der Waals surface area contributed by atoms with Crippen LogP contribution in [-0.2, 0) is 0 Å². The second-order valence-corrected chi connectivity index (χ2v) is 5.53. The zero-order valence-electron chi connectivity index (χ0n) is 13.8. The Bertz CT molecular complexity index is 696. The van der Waals surface area contributed by atoms with E-state index in [1.165, 1.54) is 5.69 Å². The average Bonchev–Trinajstić information content (AvgIpc) is 2.57. The lowest BCUT2D eigenvalue weighted by Crippen LogP contribution is -2.24. The predicted molar refractivity (Wildman–Crippen MR) is 101 cm³/mol. The summed E-state index contributed by atoms with van der Waals surface area (Å²) < 4.78 is 0. The molecule has 126 valence electrons. The van der Waals surface area contributed by atoms with Crippen LogP contribution in [0.25, 0.3) is 0 Å². The summed E-state index contributed by atoms with van der Waals surface area (Å²) >= 11 is 5.86. The van der Waals surface area contributed by atoms with Gasteiger partial charge in [0.25, 0.3) is 0 Å². The number of hydrazone groups is 1. The van der Waals surface area contributed by atoms with E-state index in [9.17, 15) is 4.79 Å². The van der Waals surface area contributed by atoms with E-state index in [2.05, 4.69) is 34.6 Å². The molecule has 5 nitrogen and oxygen atoms in total. The van der Waals surface area contributed by atoms with Crippen molar-refractivity contribution < 1.29 is 4.79 Å². The topological polar surface area (TPSA) is 56.7 Å². The van der Waals surface area contributed by atoms with Crippen molar-refractivity contribution in [2.45, 2.75) is 13.8 Å². The molecule has 0 saturated carbocycles. The largest absolute Gasteiger partial charge is 0.372 e. The molecule has 0 radical (unpaired) electrons. The fourth-order valence-corrected chi connectivity index (χ4v) is 2.44. The average molecular weight is 345 g/mol. The van der Waals surface area contributed by atoms with Crippen molar-refractivity contribution in [3.05, 3.63) is 59.1 Å². The van der Waals surface area contributed by atoms with Gasteiger partial charge < -0.3 is 10.2 Å². The van der Waals surface area contributed by atoms with Gasteiger partial charge in [0, 0.05) is 29.5 Å². The van der Waals surface area contributed by atoms with Gasteiger partial charge in [-0.2, -0.15) is 5.10 Å². The van der Waals surface area contributed by atoms with Crippen LogP contribution in [0.5, 0.6) is 0 Å². The number of nitrogens with one attached hydrogen (secondary N) is 2. The number of rotatable bonds is 6. The Balaban J connectivity index is 1.88. The summed E-state index contributed by atoms with van der Waals surface area (Å²) in [6, 6.07) is 14.5. The zero-order valence-corrected chi connectivity index (χ0v) is 14.5. The van der Waals surface area contributed by atoms with Crippen LogP contribution in [0.15, 0.2) is 53.6 Å². The standard InChI is InChI=1S/C18H21ClN4O/c1-3-23(4-2)17-10-8-14(9-11-17)13-20-22-18(24)21-16-7-5-6-15(19)12-16/h5-13H,3-4H2,1-2H3,(H2,21,22,24)/b20-13-. The monoisotopic (exact) mass is 344 g/mol. The SMILES string of the molecule is CCN(CC)c1ccc(/C=N\NC(=O)Nc2cccc(Cl)c2)cc1. The second-order valence-electron chi connectivity index (χ2n) is 5.10. The lowest BCUT2D eigenvalue weighted by atomic mass is 10.2. The number of amides is 2. The Morgan fingerprint density at radius 3 is 2.50 bits per heavy atom. The molecule has 0 atom stereocenters. The highest BCUT2D eigenvalue weighted by Gasteiger charge is 2.01. The molecule has 0 saturated heterocycles. The highest BCUT2D eigenvalue weighted by Crippen LogP contribution is 2.15. The van der Waals surface area contributed by atoms with Gasteiger partial charge in [-0.3, -0.25) is 0 Å². The highest BCUT2D eigenvalue weighted by molar-refractivity contribution is 6.30. The molecule has 0 fully saturated rings. The second kappa shape index (κ2) is 8.93. The minimum Gasteiger partial charge on any atom is -0.372 e. The van der Waals surface area contributed by atoms with Gasteiger partial charge in [0.1, 0.15) is 0 Å². The number of anilines is 2. The van der Waals surface area contributed by atoms with Gasteiger partial charge in [0.2, 0.25) is 0 Å². The molecule has 6 heteroatoms. The van der Waals surface area contributed by atoms with E-state index < -0.39 is 6.03 Å². The maximum Gasteiger partial charge on any atom is 0.339 e. The molecule has 0 bridgehead atoms. The van der Waals surface area contributed by atoms with Crippen molar-refractivity contribution in [2.75, 3.05) is 23.3 Å². The Hall–Kier alpha value is -2.53. The molecule has 0 unspecified atom stereocenters. The molecule has 0 aliphatic rings. The summed E-state index contributed by atoms with van der Waals surface area (Å²) in [5.41, 5.74) is 5.12. The minimum absolute atomic E-state index is 0.423. The van der Waals surface area contributed by atoms with Crippen LogP contribution in [0.2, 0.25) is 5.02 Å². The number of benzene rings is 2. The van der Waals surface area contributed by atoms with Crippen molar-refractivity contribution in [3.63, 3.8) is 0 Å². The van der Waals surface area contributed by atoms with Crippen molar-refractivity contribution >= 4 is 35.2 Å². The van der Waals surface area contributed by atoms with E-state index in [-0.39, 0.29) is 0 Å². The lowest BCUT2D eigenvalue weighted by molar-refractivity contribution is 0.252. The summed E-state index contributed by atoms with van der Waals surface area (Å²) in [6.45, 7) is 6.19. The lowest BCUT2D eigenvalue weighted by Gasteiger charge is -2.20. The number of hydrogen-bond donors (Lipinski definition) is 2. The predicted octanol–water partition coefficient (Wildman–Crippen LogP) is 4.34. The molecule has 2 aromatic carbocycles. The van der Waals surface area contributed by atoms with Gasteiger partial charge in [-0.1, -0.05) is 29.8 Å². The van der Waals surface area contributed by atoms with Crippen LogP contribution >= 0.6 is 11.6 Å². The number of carbonyl (C=O) groups excluding carboxylic acids is 1. The molecular formula is C18H21ClN4O. The van der Waals surface area contributed by atoms with Gasteiger partial charge >= 0.3 is 6.03 Å². The van der Waals surface area contributed by atoms with Crippen molar-refractivity contribution in [1.82, 2.24) is 5.43 Å². The quantitative estimate of drug-likeness (QED) is 0.605. The first-order valence-corrected chi connectivity index (χ1v) is 8.20. The normalized spacial score (nSPS) is 10.6. The summed E-state index contributed by atoms with van der Waals surface area (Å²) in [4.78, 5) is 14.0. The number of carbonyl (C=O) groups is 1. The van der Waals surface area contributed by atoms with Crippen molar-refractivity contribution in [3.8, 4) is 0 Å². The van der Waals surface area contributed by atoms with Crippen LogP contribution < -0.4 is 15.6 Å². The van der Waals surface area contributed by atoms with Crippen LogP contribution in [0, 0.1) is 0 Å². The first kappa shape index (κ1) is 17.8. The molecule has 0 spiro atoms. The molecule has 2 rings (SSSR count). The molecule has 0 heterocycles. The maximum atomic E-state index is 11.7. The van der Waals surface area contributed by atoms with E-state index in [1.807, 2.05) is 24.3 Å². The van der Waals surface area contributed by atoms with Gasteiger partial charge in [-0.05, 0) is 49.7 Å². The van der Waals surface area contributed by atoms with E-state index in [4.69, 9.17) is 11.6 Å². The Morgan fingerprint density at radius 1 is 1.17 bits per heavy atom. The van der Waals surface area contributed by atoms with Gasteiger partial charge in [-0.15, -0.1) is 0 Å². The van der Waals surface area contributed by atoms with Gasteiger partial charge in [0.15, 0.2) is 0 Å². The highest BCUT2D eigenvalue weighted by atomic mass is 35.5. The minimum atomic E-state index is -0.423. The third kappa shape index (κ3) is 5.28. The van der Waals surface area contributed by atoms with Crippen LogP contribution in [0.1, 0.15) is 19.4 Å². The van der Waals surface area contributed by atoms with Gasteiger partial charge in [0.05, 0.1) is 6.21 Å². The fourth-order valence-electron chi connectivity index (χ4n) is 2.25. The molecule has 0 aliphatic carbocycles. The first-order valence-electron chi connectivity index (χ1n) is 7.83. The molecule has 2 amide bonds. The van der Waals surface area contributed by atoms with Crippen LogP contribution in [-0.4, -0.2) is 25.3 Å². The third-order valence-corrected chi connectivity index (χ3v) is 3.72. The van der Waals surface area contributed by atoms with E-state index >= 15 is 0 Å². The van der Waals surface area contributed by atoms with E-state index in [0.717, 1.165) is 18.7 Å². The summed E-state index contributed by atoms with van der Waals surface area (Å²) in [6.07, 6.45) is 1.60. The van der Waals surface area contributed by atoms with Crippen molar-refractivity contribution in [1.29, 1.82) is 0 Å². The summed E-state index contributed by atoms with van der Waals surface area (Å²) in [5.74, 6) is 0. The van der Waals surface area contributed by atoms with Crippen LogP contribution in [0.3, 0.4) is 0 Å². The molecule has 0 aromatic heterocycles. The molecule has 2 aromatic rings. The Morgan fingerprint density at radius 2 is 1.88 bits per heavy atom. The summed E-state index contributed by atoms with van der Waals surface area (Å²) in [5, 5.41) is 7.15. The molecular weight excluding hydrogens is 324 g/mol. The van der Waals surface area contributed by atoms with Crippen molar-refractivity contribution in [2.24, 2.45) is 5.10 Å². The fraction of sp³-hybridized carbons (Fsp3) is 0.222. The molecule has 24 heavy (non-hydrogen) atoms. The first-order chi connectivity index (χ1) is 11.6. The number of hydrogen-bond acceptors (Lipinski definition) is 3. The Kier molecular flexibility index (Phi) is 6.63. The van der Waals surface area contributed by atoms with Gasteiger partial charge in [-0.25, -0.2) is 10.2 Å². The number of halogens is 1. The number of urea groups is 1. The summed E-state index contributed by atoms with van der Waals surface area (Å²) in [7, 11) is 0. The number of nitrogens with zero attached hydrogens (tertiary/aromatic N) is 2.